The fourth-order valence-corrected chi connectivity index (χ4v) is 3.16. The van der Waals surface area contributed by atoms with E-state index in [2.05, 4.69) is 58.3 Å². The van der Waals surface area contributed by atoms with Gasteiger partial charge in [-0.05, 0) is 29.8 Å². The van der Waals surface area contributed by atoms with E-state index in [1.165, 1.54) is 16.6 Å². The third-order valence-corrected chi connectivity index (χ3v) is 4.42. The molecule has 2 heterocycles. The Hall–Kier alpha value is -2.26. The predicted molar refractivity (Wildman–Crippen MR) is 90.1 cm³/mol. The third kappa shape index (κ3) is 2.72. The maximum Gasteiger partial charge on any atom is 0.133 e. The fourth-order valence-electron chi connectivity index (χ4n) is 3.16. The van der Waals surface area contributed by atoms with Gasteiger partial charge in [-0.15, -0.1) is 0 Å². The molecule has 2 aromatic carbocycles. The number of benzene rings is 2. The molecule has 0 radical (unpaired) electrons. The smallest absolute Gasteiger partial charge is 0.133 e. The molecule has 3 aromatic rings. The molecule has 1 aromatic heterocycles. The second kappa shape index (κ2) is 5.85. The number of piperazine rings is 1. The van der Waals surface area contributed by atoms with E-state index in [0.29, 0.717) is 0 Å². The van der Waals surface area contributed by atoms with Crippen molar-refractivity contribution < 1.29 is 4.42 Å². The summed E-state index contributed by atoms with van der Waals surface area (Å²) in [5.41, 5.74) is 3.66. The van der Waals surface area contributed by atoms with E-state index in [4.69, 9.17) is 4.42 Å². The molecule has 1 aliphatic heterocycles. The van der Waals surface area contributed by atoms with Gasteiger partial charge in [-0.1, -0.05) is 30.3 Å². The van der Waals surface area contributed by atoms with Crippen molar-refractivity contribution >= 4 is 16.7 Å². The molecule has 3 nitrogen and oxygen atoms in total. The summed E-state index contributed by atoms with van der Waals surface area (Å²) >= 11 is 0. The highest BCUT2D eigenvalue weighted by Crippen LogP contribution is 2.24. The normalized spacial score (nSPS) is 16.3. The number of hydrogen-bond acceptors (Lipinski definition) is 3. The van der Waals surface area contributed by atoms with Crippen LogP contribution >= 0.6 is 0 Å². The number of furan rings is 1. The second-order valence-corrected chi connectivity index (χ2v) is 5.89. The molecule has 0 spiro atoms. The zero-order chi connectivity index (χ0) is 14.8. The van der Waals surface area contributed by atoms with Gasteiger partial charge >= 0.3 is 0 Å². The van der Waals surface area contributed by atoms with Gasteiger partial charge in [0.05, 0.1) is 6.26 Å². The van der Waals surface area contributed by atoms with Gasteiger partial charge in [-0.25, -0.2) is 0 Å². The molecule has 0 N–H and O–H groups in total. The number of rotatable bonds is 3. The molecule has 0 atom stereocenters. The molecule has 0 amide bonds. The summed E-state index contributed by atoms with van der Waals surface area (Å²) in [6.45, 7) is 5.43. The molecule has 0 aliphatic carbocycles. The molecule has 4 rings (SSSR count). The lowest BCUT2D eigenvalue weighted by Crippen LogP contribution is -2.45. The van der Waals surface area contributed by atoms with Gasteiger partial charge < -0.3 is 9.32 Å². The Balaban J connectivity index is 1.41. The lowest BCUT2D eigenvalue weighted by Gasteiger charge is -2.36. The minimum atomic E-state index is 0.964. The van der Waals surface area contributed by atoms with E-state index in [-0.39, 0.29) is 0 Å². The molecule has 1 fully saturated rings. The van der Waals surface area contributed by atoms with Crippen molar-refractivity contribution in [2.45, 2.75) is 6.54 Å². The van der Waals surface area contributed by atoms with Crippen LogP contribution in [0.2, 0.25) is 0 Å². The maximum absolute atomic E-state index is 5.42. The van der Waals surface area contributed by atoms with Crippen molar-refractivity contribution in [2.75, 3.05) is 31.1 Å². The minimum Gasteiger partial charge on any atom is -0.464 e. The van der Waals surface area contributed by atoms with Crippen LogP contribution in [0.1, 0.15) is 5.56 Å². The summed E-state index contributed by atoms with van der Waals surface area (Å²) in [6.07, 6.45) is 1.76. The standard InChI is InChI=1S/C19H20N2O/c1-2-4-16(5-3-1)15-20-9-11-21(12-10-20)18-6-7-19-17(14-18)8-13-22-19/h1-8,13-14H,9-12,15H2. The number of nitrogens with zero attached hydrogens (tertiary/aromatic N) is 2. The summed E-state index contributed by atoms with van der Waals surface area (Å²) in [7, 11) is 0. The highest BCUT2D eigenvalue weighted by atomic mass is 16.3. The van der Waals surface area contributed by atoms with Crippen LogP contribution in [0.15, 0.2) is 65.3 Å². The Morgan fingerprint density at radius 2 is 1.68 bits per heavy atom. The van der Waals surface area contributed by atoms with Crippen molar-refractivity contribution in [2.24, 2.45) is 0 Å². The van der Waals surface area contributed by atoms with Gasteiger partial charge in [0, 0.05) is 43.8 Å². The van der Waals surface area contributed by atoms with Crippen LogP contribution in [-0.4, -0.2) is 31.1 Å². The lowest BCUT2D eigenvalue weighted by molar-refractivity contribution is 0.250. The topological polar surface area (TPSA) is 19.6 Å². The summed E-state index contributed by atoms with van der Waals surface area (Å²) in [4.78, 5) is 5.00. The largest absolute Gasteiger partial charge is 0.464 e. The molecule has 1 aliphatic rings. The van der Waals surface area contributed by atoms with Crippen LogP contribution < -0.4 is 4.90 Å². The molecule has 22 heavy (non-hydrogen) atoms. The maximum atomic E-state index is 5.42. The van der Waals surface area contributed by atoms with Crippen LogP contribution in [0, 0.1) is 0 Å². The molecule has 1 saturated heterocycles. The van der Waals surface area contributed by atoms with E-state index in [1.807, 2.05) is 6.07 Å². The van der Waals surface area contributed by atoms with Gasteiger partial charge in [0.15, 0.2) is 0 Å². The second-order valence-electron chi connectivity index (χ2n) is 5.89. The zero-order valence-electron chi connectivity index (χ0n) is 12.6. The molecular weight excluding hydrogens is 272 g/mol. The molecular formula is C19H20N2O. The number of anilines is 1. The van der Waals surface area contributed by atoms with Gasteiger partial charge in [0.25, 0.3) is 0 Å². The average molecular weight is 292 g/mol. The van der Waals surface area contributed by atoms with E-state index in [1.54, 1.807) is 6.26 Å². The highest BCUT2D eigenvalue weighted by molar-refractivity contribution is 5.81. The summed E-state index contributed by atoms with van der Waals surface area (Å²) in [6, 6.07) is 19.2. The SMILES string of the molecule is c1ccc(CN2CCN(c3ccc4occc4c3)CC2)cc1. The van der Waals surface area contributed by atoms with Crippen molar-refractivity contribution in [3.05, 3.63) is 66.4 Å². The van der Waals surface area contributed by atoms with E-state index < -0.39 is 0 Å². The van der Waals surface area contributed by atoms with E-state index in [0.717, 1.165) is 38.3 Å². The Morgan fingerprint density at radius 1 is 0.864 bits per heavy atom. The zero-order valence-corrected chi connectivity index (χ0v) is 12.6. The van der Waals surface area contributed by atoms with Crippen molar-refractivity contribution in [1.82, 2.24) is 4.90 Å². The Labute approximate surface area is 130 Å². The van der Waals surface area contributed by atoms with Crippen LogP contribution in [0.3, 0.4) is 0 Å². The summed E-state index contributed by atoms with van der Waals surface area (Å²) in [5, 5.41) is 1.18. The quantitative estimate of drug-likeness (QED) is 0.733. The minimum absolute atomic E-state index is 0.964. The molecule has 0 unspecified atom stereocenters. The lowest BCUT2D eigenvalue weighted by atomic mass is 10.1. The first-order valence-corrected chi connectivity index (χ1v) is 7.87. The molecule has 0 bridgehead atoms. The van der Waals surface area contributed by atoms with E-state index >= 15 is 0 Å². The Morgan fingerprint density at radius 3 is 2.50 bits per heavy atom. The van der Waals surface area contributed by atoms with Gasteiger partial charge in [0.1, 0.15) is 5.58 Å². The van der Waals surface area contributed by atoms with E-state index in [9.17, 15) is 0 Å². The Bertz CT molecular complexity index is 742. The molecule has 3 heteroatoms. The van der Waals surface area contributed by atoms with Crippen LogP contribution in [0.4, 0.5) is 5.69 Å². The predicted octanol–water partition coefficient (Wildman–Crippen LogP) is 3.76. The van der Waals surface area contributed by atoms with Crippen molar-refractivity contribution in [1.29, 1.82) is 0 Å². The highest BCUT2D eigenvalue weighted by Gasteiger charge is 2.17. The summed E-state index contributed by atoms with van der Waals surface area (Å²) in [5.74, 6) is 0. The first-order chi connectivity index (χ1) is 10.9. The first-order valence-electron chi connectivity index (χ1n) is 7.87. The van der Waals surface area contributed by atoms with Gasteiger partial charge in [-0.3, -0.25) is 4.90 Å². The number of hydrogen-bond donors (Lipinski definition) is 0. The molecule has 0 saturated carbocycles. The Kier molecular flexibility index (Phi) is 3.57. The van der Waals surface area contributed by atoms with Crippen molar-refractivity contribution in [3.8, 4) is 0 Å². The van der Waals surface area contributed by atoms with Crippen molar-refractivity contribution in [3.63, 3.8) is 0 Å². The summed E-state index contributed by atoms with van der Waals surface area (Å²) < 4.78 is 5.42. The van der Waals surface area contributed by atoms with Crippen LogP contribution in [0.25, 0.3) is 11.0 Å². The van der Waals surface area contributed by atoms with Gasteiger partial charge in [-0.2, -0.15) is 0 Å². The molecule has 112 valence electrons. The van der Waals surface area contributed by atoms with Gasteiger partial charge in [0.2, 0.25) is 0 Å². The third-order valence-electron chi connectivity index (χ3n) is 4.42. The average Bonchev–Trinajstić information content (AvgIpc) is 3.04. The van der Waals surface area contributed by atoms with Crippen LogP contribution in [-0.2, 0) is 6.54 Å². The first kappa shape index (κ1) is 13.4. The monoisotopic (exact) mass is 292 g/mol. The fraction of sp³-hybridized carbons (Fsp3) is 0.263. The number of fused-ring (bicyclic) bond motifs is 1. The van der Waals surface area contributed by atoms with Crippen LogP contribution in [0.5, 0.6) is 0 Å².